The number of carbonyl (C=O) groups is 3. The molecule has 0 unspecified atom stereocenters. The largest absolute Gasteiger partial charge is 0.484 e. The third kappa shape index (κ3) is 6.74. The molecule has 0 spiro atoms. The average Bonchev–Trinajstić information content (AvgIpc) is 2.69. The number of benzene rings is 2. The van der Waals surface area contributed by atoms with Gasteiger partial charge in [-0.3, -0.25) is 20.4 Å². The Kier molecular flexibility index (Phi) is 7.81. The van der Waals surface area contributed by atoms with Gasteiger partial charge in [0.05, 0.1) is 12.2 Å². The lowest BCUT2D eigenvalue weighted by Crippen LogP contribution is -2.43. The van der Waals surface area contributed by atoms with Crippen LogP contribution >= 0.6 is 15.9 Å². The second-order valence-corrected chi connectivity index (χ2v) is 6.37. The van der Waals surface area contributed by atoms with E-state index in [0.717, 1.165) is 10.9 Å². The van der Waals surface area contributed by atoms with Gasteiger partial charge in [0.1, 0.15) is 5.75 Å². The average molecular weight is 435 g/mol. The first-order valence-corrected chi connectivity index (χ1v) is 9.03. The number of hydrazine groups is 1. The van der Waals surface area contributed by atoms with Gasteiger partial charge >= 0.3 is 5.97 Å². The lowest BCUT2D eigenvalue weighted by molar-refractivity contribution is -0.123. The highest BCUT2D eigenvalue weighted by molar-refractivity contribution is 9.10. The highest BCUT2D eigenvalue weighted by Gasteiger charge is 2.09. The molecule has 0 heterocycles. The summed E-state index contributed by atoms with van der Waals surface area (Å²) in [5.74, 6) is -0.953. The van der Waals surface area contributed by atoms with E-state index in [-0.39, 0.29) is 6.61 Å². The van der Waals surface area contributed by atoms with Crippen LogP contribution in [0.3, 0.4) is 0 Å². The van der Waals surface area contributed by atoms with Crippen LogP contribution in [0.15, 0.2) is 53.0 Å². The number of nitrogens with one attached hydrogen (secondary N) is 2. The molecule has 8 heteroatoms. The Labute approximate surface area is 165 Å². The number of hydrogen-bond donors (Lipinski definition) is 2. The minimum Gasteiger partial charge on any atom is -0.484 e. The molecule has 142 valence electrons. The Morgan fingerprint density at radius 3 is 2.19 bits per heavy atom. The molecule has 0 saturated heterocycles. The Balaban J connectivity index is 1.75. The molecule has 2 amide bonds. The normalized spacial score (nSPS) is 10.0. The van der Waals surface area contributed by atoms with Gasteiger partial charge in [0.2, 0.25) is 0 Å². The summed E-state index contributed by atoms with van der Waals surface area (Å²) in [6, 6.07) is 12.9. The van der Waals surface area contributed by atoms with Crippen molar-refractivity contribution in [1.29, 1.82) is 0 Å². The SMILES string of the molecule is CCCOC(=O)c1ccc(OCC(=O)NNC(=O)c2ccc(Br)cc2)cc1. The second kappa shape index (κ2) is 10.3. The van der Waals surface area contributed by atoms with Crippen molar-refractivity contribution in [3.05, 3.63) is 64.1 Å². The van der Waals surface area contributed by atoms with Gasteiger partial charge in [-0.15, -0.1) is 0 Å². The predicted molar refractivity (Wildman–Crippen MR) is 102 cm³/mol. The molecular formula is C19H19BrN2O5. The zero-order chi connectivity index (χ0) is 19.6. The molecule has 2 N–H and O–H groups in total. The maximum Gasteiger partial charge on any atom is 0.338 e. The molecule has 0 aromatic heterocycles. The van der Waals surface area contributed by atoms with Gasteiger partial charge in [-0.25, -0.2) is 4.79 Å². The van der Waals surface area contributed by atoms with Crippen molar-refractivity contribution < 1.29 is 23.9 Å². The summed E-state index contributed by atoms with van der Waals surface area (Å²) in [5.41, 5.74) is 5.38. The summed E-state index contributed by atoms with van der Waals surface area (Å²) in [5, 5.41) is 0. The van der Waals surface area contributed by atoms with Crippen LogP contribution in [0.5, 0.6) is 5.75 Å². The molecule has 2 rings (SSSR count). The van der Waals surface area contributed by atoms with E-state index in [1.54, 1.807) is 48.5 Å². The summed E-state index contributed by atoms with van der Waals surface area (Å²) in [6.07, 6.45) is 0.750. The topological polar surface area (TPSA) is 93.7 Å². The summed E-state index contributed by atoms with van der Waals surface area (Å²) < 4.78 is 11.2. The van der Waals surface area contributed by atoms with E-state index < -0.39 is 17.8 Å². The first kappa shape index (κ1) is 20.4. The van der Waals surface area contributed by atoms with E-state index in [9.17, 15) is 14.4 Å². The molecule has 2 aromatic rings. The van der Waals surface area contributed by atoms with Crippen molar-refractivity contribution in [2.45, 2.75) is 13.3 Å². The maximum atomic E-state index is 11.9. The van der Waals surface area contributed by atoms with Gasteiger partial charge in [-0.2, -0.15) is 0 Å². The van der Waals surface area contributed by atoms with Crippen LogP contribution in [0, 0.1) is 0 Å². The summed E-state index contributed by atoms with van der Waals surface area (Å²) in [4.78, 5) is 35.3. The Bertz CT molecular complexity index is 791. The van der Waals surface area contributed by atoms with Crippen molar-refractivity contribution >= 4 is 33.7 Å². The number of hydrogen-bond acceptors (Lipinski definition) is 5. The number of carbonyl (C=O) groups excluding carboxylic acids is 3. The fourth-order valence-electron chi connectivity index (χ4n) is 1.95. The minimum atomic E-state index is -0.521. The van der Waals surface area contributed by atoms with Crippen molar-refractivity contribution in [3.8, 4) is 5.75 Å². The van der Waals surface area contributed by atoms with Crippen LogP contribution in [0.1, 0.15) is 34.1 Å². The van der Waals surface area contributed by atoms with Crippen molar-refractivity contribution in [2.24, 2.45) is 0 Å². The molecular weight excluding hydrogens is 416 g/mol. The zero-order valence-corrected chi connectivity index (χ0v) is 16.2. The summed E-state index contributed by atoms with van der Waals surface area (Å²) >= 11 is 3.28. The fourth-order valence-corrected chi connectivity index (χ4v) is 2.21. The molecule has 27 heavy (non-hydrogen) atoms. The number of rotatable bonds is 7. The highest BCUT2D eigenvalue weighted by Crippen LogP contribution is 2.13. The van der Waals surface area contributed by atoms with Crippen LogP contribution in [-0.4, -0.2) is 31.0 Å². The van der Waals surface area contributed by atoms with Gasteiger partial charge in [0, 0.05) is 10.0 Å². The number of amides is 2. The predicted octanol–water partition coefficient (Wildman–Crippen LogP) is 2.86. The Morgan fingerprint density at radius 1 is 0.926 bits per heavy atom. The first-order chi connectivity index (χ1) is 13.0. The maximum absolute atomic E-state index is 11.9. The van der Waals surface area contributed by atoms with Crippen molar-refractivity contribution in [2.75, 3.05) is 13.2 Å². The molecule has 0 radical (unpaired) electrons. The smallest absolute Gasteiger partial charge is 0.338 e. The minimum absolute atomic E-state index is 0.291. The van der Waals surface area contributed by atoms with Crippen LogP contribution in [0.25, 0.3) is 0 Å². The molecule has 0 saturated carbocycles. The van der Waals surface area contributed by atoms with Gasteiger partial charge in [-0.1, -0.05) is 22.9 Å². The third-order valence-electron chi connectivity index (χ3n) is 3.32. The van der Waals surface area contributed by atoms with E-state index in [1.807, 2.05) is 6.92 Å². The summed E-state index contributed by atoms with van der Waals surface area (Å²) in [7, 11) is 0. The molecule has 0 aliphatic carbocycles. The van der Waals surface area contributed by atoms with E-state index in [2.05, 4.69) is 26.8 Å². The van der Waals surface area contributed by atoms with Gasteiger partial charge in [-0.05, 0) is 55.0 Å². The van der Waals surface area contributed by atoms with Crippen LogP contribution in [-0.2, 0) is 9.53 Å². The standard InChI is InChI=1S/C19H19BrN2O5/c1-2-11-26-19(25)14-5-9-16(10-6-14)27-12-17(23)21-22-18(24)13-3-7-15(20)8-4-13/h3-10H,2,11-12H2,1H3,(H,21,23)(H,22,24). The van der Waals surface area contributed by atoms with E-state index >= 15 is 0 Å². The van der Waals surface area contributed by atoms with E-state index in [1.165, 1.54) is 0 Å². The van der Waals surface area contributed by atoms with Crippen molar-refractivity contribution in [3.63, 3.8) is 0 Å². The van der Waals surface area contributed by atoms with Gasteiger partial charge in [0.15, 0.2) is 6.61 Å². The third-order valence-corrected chi connectivity index (χ3v) is 3.85. The molecule has 0 atom stereocenters. The number of ether oxygens (including phenoxy) is 2. The first-order valence-electron chi connectivity index (χ1n) is 8.24. The molecule has 2 aromatic carbocycles. The lowest BCUT2D eigenvalue weighted by atomic mass is 10.2. The van der Waals surface area contributed by atoms with Crippen molar-refractivity contribution in [1.82, 2.24) is 10.9 Å². The monoisotopic (exact) mass is 434 g/mol. The van der Waals surface area contributed by atoms with E-state index in [0.29, 0.717) is 23.5 Å². The van der Waals surface area contributed by atoms with Crippen LogP contribution in [0.4, 0.5) is 0 Å². The number of esters is 1. The van der Waals surface area contributed by atoms with Crippen LogP contribution < -0.4 is 15.6 Å². The van der Waals surface area contributed by atoms with E-state index in [4.69, 9.17) is 9.47 Å². The highest BCUT2D eigenvalue weighted by atomic mass is 79.9. The Hall–Kier alpha value is -2.87. The molecule has 0 aliphatic rings. The Morgan fingerprint density at radius 2 is 1.56 bits per heavy atom. The number of halogens is 1. The summed E-state index contributed by atoms with van der Waals surface area (Å²) in [6.45, 7) is 1.99. The zero-order valence-electron chi connectivity index (χ0n) is 14.7. The fraction of sp³-hybridized carbons (Fsp3) is 0.211. The van der Waals surface area contributed by atoms with Crippen LogP contribution in [0.2, 0.25) is 0 Å². The second-order valence-electron chi connectivity index (χ2n) is 5.46. The lowest BCUT2D eigenvalue weighted by Gasteiger charge is -2.09. The molecule has 7 nitrogen and oxygen atoms in total. The van der Waals surface area contributed by atoms with Gasteiger partial charge < -0.3 is 9.47 Å². The molecule has 0 aliphatic heterocycles. The molecule has 0 fully saturated rings. The van der Waals surface area contributed by atoms with Gasteiger partial charge in [0.25, 0.3) is 11.8 Å². The quantitative estimate of drug-likeness (QED) is 0.516. The molecule has 0 bridgehead atoms.